The third-order valence-electron chi connectivity index (χ3n) is 3.30. The molecule has 0 radical (unpaired) electrons. The van der Waals surface area contributed by atoms with Crippen molar-refractivity contribution >= 4 is 11.3 Å². The molecule has 1 aromatic rings. The second-order valence-electron chi connectivity index (χ2n) is 4.55. The van der Waals surface area contributed by atoms with Gasteiger partial charge in [-0.3, -0.25) is 4.98 Å². The van der Waals surface area contributed by atoms with E-state index in [4.69, 9.17) is 0 Å². The molecule has 1 N–H and O–H groups in total. The van der Waals surface area contributed by atoms with E-state index in [-0.39, 0.29) is 6.10 Å². The van der Waals surface area contributed by atoms with Crippen LogP contribution in [0.2, 0.25) is 0 Å². The molecule has 1 fully saturated rings. The quantitative estimate of drug-likeness (QED) is 0.835. The second kappa shape index (κ2) is 5.61. The molecular formula is C12H19NOS. The summed E-state index contributed by atoms with van der Waals surface area (Å²) in [5, 5.41) is 9.86. The molecule has 1 aliphatic rings. The lowest BCUT2D eigenvalue weighted by atomic mass is 9.98. The van der Waals surface area contributed by atoms with Crippen LogP contribution in [0.15, 0.2) is 11.7 Å². The average molecular weight is 225 g/mol. The van der Waals surface area contributed by atoms with Crippen LogP contribution in [0.25, 0.3) is 0 Å². The van der Waals surface area contributed by atoms with Crippen LogP contribution < -0.4 is 0 Å². The third-order valence-corrected chi connectivity index (χ3v) is 4.11. The van der Waals surface area contributed by atoms with Crippen LogP contribution in [0, 0.1) is 5.92 Å². The fraction of sp³-hybridized carbons (Fsp3) is 0.750. The van der Waals surface area contributed by atoms with E-state index in [0.29, 0.717) is 0 Å². The van der Waals surface area contributed by atoms with Crippen molar-refractivity contribution in [1.82, 2.24) is 4.98 Å². The highest BCUT2D eigenvalue weighted by Crippen LogP contribution is 2.29. The Morgan fingerprint density at radius 3 is 2.93 bits per heavy atom. The Bertz CT molecular complexity index is 267. The van der Waals surface area contributed by atoms with Crippen molar-refractivity contribution in [3.8, 4) is 0 Å². The number of thiazole rings is 1. The number of hydrogen-bond acceptors (Lipinski definition) is 3. The van der Waals surface area contributed by atoms with Gasteiger partial charge in [0.05, 0.1) is 11.6 Å². The smallest absolute Gasteiger partial charge is 0.0794 e. The molecule has 1 atom stereocenters. The van der Waals surface area contributed by atoms with Gasteiger partial charge >= 0.3 is 0 Å². The van der Waals surface area contributed by atoms with Gasteiger partial charge in [0.1, 0.15) is 0 Å². The molecule has 0 bridgehead atoms. The molecule has 1 saturated carbocycles. The molecule has 0 saturated heterocycles. The fourth-order valence-electron chi connectivity index (χ4n) is 2.40. The first-order valence-corrected chi connectivity index (χ1v) is 6.78. The Labute approximate surface area is 95.4 Å². The zero-order valence-corrected chi connectivity index (χ0v) is 9.88. The lowest BCUT2D eigenvalue weighted by Gasteiger charge is -2.12. The Morgan fingerprint density at radius 2 is 2.27 bits per heavy atom. The van der Waals surface area contributed by atoms with Gasteiger partial charge < -0.3 is 5.11 Å². The maximum absolute atomic E-state index is 9.86. The summed E-state index contributed by atoms with van der Waals surface area (Å²) in [6.07, 6.45) is 10.2. The summed E-state index contributed by atoms with van der Waals surface area (Å²) in [6.45, 7) is 0. The molecule has 2 rings (SSSR count). The van der Waals surface area contributed by atoms with Gasteiger partial charge in [-0.15, -0.1) is 11.3 Å². The van der Waals surface area contributed by atoms with Gasteiger partial charge in [0.15, 0.2) is 0 Å². The van der Waals surface area contributed by atoms with Gasteiger partial charge in [0.25, 0.3) is 0 Å². The number of aromatic nitrogens is 1. The number of nitrogens with zero attached hydrogens (tertiary/aromatic N) is 1. The van der Waals surface area contributed by atoms with E-state index in [9.17, 15) is 5.11 Å². The maximum Gasteiger partial charge on any atom is 0.0794 e. The number of aliphatic hydroxyl groups excluding tert-OH is 1. The lowest BCUT2D eigenvalue weighted by Crippen LogP contribution is -2.11. The van der Waals surface area contributed by atoms with E-state index >= 15 is 0 Å². The summed E-state index contributed by atoms with van der Waals surface area (Å²) in [5.41, 5.74) is 1.83. The molecule has 1 aliphatic carbocycles. The molecule has 0 aromatic carbocycles. The van der Waals surface area contributed by atoms with Crippen LogP contribution >= 0.6 is 11.3 Å². The van der Waals surface area contributed by atoms with E-state index in [1.54, 1.807) is 11.3 Å². The van der Waals surface area contributed by atoms with Crippen molar-refractivity contribution < 1.29 is 5.11 Å². The van der Waals surface area contributed by atoms with E-state index < -0.39 is 0 Å². The number of rotatable bonds is 5. The summed E-state index contributed by atoms with van der Waals surface area (Å²) in [4.78, 5) is 5.22. The molecule has 84 valence electrons. The van der Waals surface area contributed by atoms with Gasteiger partial charge in [-0.1, -0.05) is 25.7 Å². The topological polar surface area (TPSA) is 33.1 Å². The van der Waals surface area contributed by atoms with E-state index in [0.717, 1.165) is 18.8 Å². The Balaban J connectivity index is 1.66. The van der Waals surface area contributed by atoms with Crippen LogP contribution in [-0.2, 0) is 6.42 Å². The largest absolute Gasteiger partial charge is 0.393 e. The second-order valence-corrected chi connectivity index (χ2v) is 5.52. The Kier molecular flexibility index (Phi) is 4.15. The first-order valence-electron chi connectivity index (χ1n) is 5.90. The highest BCUT2D eigenvalue weighted by Gasteiger charge is 2.16. The van der Waals surface area contributed by atoms with Gasteiger partial charge in [0, 0.05) is 17.5 Å². The molecule has 1 unspecified atom stereocenters. The lowest BCUT2D eigenvalue weighted by molar-refractivity contribution is 0.155. The summed E-state index contributed by atoms with van der Waals surface area (Å²) in [6, 6.07) is 0. The summed E-state index contributed by atoms with van der Waals surface area (Å²) in [5.74, 6) is 0.890. The Hall–Kier alpha value is -0.410. The molecule has 0 aliphatic heterocycles. The molecule has 0 amide bonds. The zero-order valence-electron chi connectivity index (χ0n) is 9.06. The SMILES string of the molecule is OC(CCC1CCCC1)Cc1cncs1. The minimum Gasteiger partial charge on any atom is -0.393 e. The minimum absolute atomic E-state index is 0.161. The van der Waals surface area contributed by atoms with E-state index in [1.165, 1.54) is 37.0 Å². The molecule has 2 nitrogen and oxygen atoms in total. The average Bonchev–Trinajstić information content (AvgIpc) is 2.86. The highest BCUT2D eigenvalue weighted by molar-refractivity contribution is 7.09. The van der Waals surface area contributed by atoms with Crippen LogP contribution in [-0.4, -0.2) is 16.2 Å². The Morgan fingerprint density at radius 1 is 1.47 bits per heavy atom. The minimum atomic E-state index is -0.161. The molecule has 3 heteroatoms. The molecule has 0 spiro atoms. The summed E-state index contributed by atoms with van der Waals surface area (Å²) in [7, 11) is 0. The zero-order chi connectivity index (χ0) is 10.5. The first-order chi connectivity index (χ1) is 7.34. The normalized spacial score (nSPS) is 19.5. The number of hydrogen-bond donors (Lipinski definition) is 1. The van der Waals surface area contributed by atoms with Crippen molar-refractivity contribution in [2.45, 2.75) is 51.0 Å². The highest BCUT2D eigenvalue weighted by atomic mass is 32.1. The standard InChI is InChI=1S/C12H19NOS/c14-11(7-12-8-13-9-15-12)6-5-10-3-1-2-4-10/h8-11,14H,1-7H2. The summed E-state index contributed by atoms with van der Waals surface area (Å²) < 4.78 is 0. The van der Waals surface area contributed by atoms with Crippen molar-refractivity contribution in [2.75, 3.05) is 0 Å². The third kappa shape index (κ3) is 3.58. The van der Waals surface area contributed by atoms with Crippen molar-refractivity contribution in [1.29, 1.82) is 0 Å². The van der Waals surface area contributed by atoms with Crippen molar-refractivity contribution in [3.05, 3.63) is 16.6 Å². The van der Waals surface area contributed by atoms with E-state index in [1.807, 2.05) is 11.7 Å². The molecule has 1 aromatic heterocycles. The summed E-state index contributed by atoms with van der Waals surface area (Å²) >= 11 is 1.64. The molecule has 15 heavy (non-hydrogen) atoms. The van der Waals surface area contributed by atoms with Crippen LogP contribution in [0.4, 0.5) is 0 Å². The first kappa shape index (κ1) is 11.1. The molecule has 1 heterocycles. The van der Waals surface area contributed by atoms with Crippen LogP contribution in [0.3, 0.4) is 0 Å². The number of aliphatic hydroxyl groups is 1. The van der Waals surface area contributed by atoms with Crippen LogP contribution in [0.1, 0.15) is 43.4 Å². The van der Waals surface area contributed by atoms with Crippen molar-refractivity contribution in [2.24, 2.45) is 5.92 Å². The predicted molar refractivity (Wildman–Crippen MR) is 63.0 cm³/mol. The fourth-order valence-corrected chi connectivity index (χ4v) is 3.07. The van der Waals surface area contributed by atoms with Gasteiger partial charge in [-0.05, 0) is 18.8 Å². The van der Waals surface area contributed by atoms with Crippen LogP contribution in [0.5, 0.6) is 0 Å². The maximum atomic E-state index is 9.86. The molecular weight excluding hydrogens is 206 g/mol. The van der Waals surface area contributed by atoms with Gasteiger partial charge in [-0.25, -0.2) is 0 Å². The van der Waals surface area contributed by atoms with Gasteiger partial charge in [0.2, 0.25) is 0 Å². The van der Waals surface area contributed by atoms with E-state index in [2.05, 4.69) is 4.98 Å². The van der Waals surface area contributed by atoms with Gasteiger partial charge in [-0.2, -0.15) is 0 Å². The monoisotopic (exact) mass is 225 g/mol. The van der Waals surface area contributed by atoms with Crippen molar-refractivity contribution in [3.63, 3.8) is 0 Å². The predicted octanol–water partition coefficient (Wildman–Crippen LogP) is 3.02.